The molecule has 0 heterocycles. The average molecular weight is 283 g/mol. The summed E-state index contributed by atoms with van der Waals surface area (Å²) in [6, 6.07) is 0. The van der Waals surface area contributed by atoms with Gasteiger partial charge in [-0.25, -0.2) is 0 Å². The SMILES string of the molecule is O.O.[Ce+3].[Cl-].[Cl-].[Cl-]. The summed E-state index contributed by atoms with van der Waals surface area (Å²) >= 11 is 0. The van der Waals surface area contributed by atoms with Crippen LogP contribution in [0.3, 0.4) is 0 Å². The maximum atomic E-state index is 0. The van der Waals surface area contributed by atoms with Crippen molar-refractivity contribution in [2.75, 3.05) is 0 Å². The Kier molecular flexibility index (Phi) is 865. The van der Waals surface area contributed by atoms with E-state index in [1.165, 1.54) is 0 Å². The minimum Gasteiger partial charge on any atom is -1.00 e. The van der Waals surface area contributed by atoms with Crippen molar-refractivity contribution >= 4 is 0 Å². The van der Waals surface area contributed by atoms with Crippen molar-refractivity contribution in [3.63, 3.8) is 0 Å². The van der Waals surface area contributed by atoms with Gasteiger partial charge in [0.05, 0.1) is 0 Å². The molecule has 2 nitrogen and oxygen atoms in total. The molecule has 0 saturated heterocycles. The average Bonchev–Trinajstić information content (AvgIpc) is 0. The fraction of sp³-hybridized carbons (Fsp3) is 0. The van der Waals surface area contributed by atoms with Crippen LogP contribution in [0.5, 0.6) is 0 Å². The van der Waals surface area contributed by atoms with Crippen molar-refractivity contribution in [2.45, 2.75) is 0 Å². The van der Waals surface area contributed by atoms with E-state index in [1.54, 1.807) is 0 Å². The van der Waals surface area contributed by atoms with Crippen LogP contribution in [0.4, 0.5) is 0 Å². The fourth-order valence-electron chi connectivity index (χ4n) is 0. The summed E-state index contributed by atoms with van der Waals surface area (Å²) in [6.07, 6.45) is 0. The van der Waals surface area contributed by atoms with Crippen LogP contribution in [-0.4, -0.2) is 11.0 Å². The first-order chi connectivity index (χ1) is 0. The van der Waals surface area contributed by atoms with Crippen LogP contribution in [0.15, 0.2) is 0 Å². The van der Waals surface area contributed by atoms with Crippen molar-refractivity contribution in [1.29, 1.82) is 0 Å². The molecule has 0 bridgehead atoms. The Hall–Kier alpha value is 2.17. The molecule has 41 valence electrons. The van der Waals surface area contributed by atoms with Gasteiger partial charge in [0.1, 0.15) is 0 Å². The Morgan fingerprint density at radius 1 is 0.500 bits per heavy atom. The molecule has 0 spiro atoms. The van der Waals surface area contributed by atoms with Crippen LogP contribution in [0, 0.1) is 41.7 Å². The van der Waals surface area contributed by atoms with E-state index in [-0.39, 0.29) is 89.9 Å². The number of rotatable bonds is 0. The van der Waals surface area contributed by atoms with Crippen LogP contribution >= 0.6 is 0 Å². The summed E-state index contributed by atoms with van der Waals surface area (Å²) in [5.74, 6) is 0. The third kappa shape index (κ3) is 35.1. The molecule has 0 aromatic carbocycles. The summed E-state index contributed by atoms with van der Waals surface area (Å²) in [4.78, 5) is 0. The van der Waals surface area contributed by atoms with Gasteiger partial charge in [0.25, 0.3) is 0 Å². The first kappa shape index (κ1) is 89.4. The van der Waals surface area contributed by atoms with E-state index in [2.05, 4.69) is 0 Å². The largest absolute Gasteiger partial charge is 3.00 e. The minimum atomic E-state index is 0. The minimum absolute atomic E-state index is 0. The molecule has 0 saturated carbocycles. The maximum absolute atomic E-state index is 0. The zero-order valence-corrected chi connectivity index (χ0v) is 8.04. The van der Waals surface area contributed by atoms with E-state index in [4.69, 9.17) is 0 Å². The quantitative estimate of drug-likeness (QED) is 0.424. The normalized spacial score (nSPS) is 0. The van der Waals surface area contributed by atoms with Crippen LogP contribution < -0.4 is 37.2 Å². The van der Waals surface area contributed by atoms with E-state index in [9.17, 15) is 0 Å². The molecule has 0 rings (SSSR count). The van der Waals surface area contributed by atoms with Gasteiger partial charge in [-0.05, 0) is 0 Å². The Bertz CT molecular complexity index is 8.75. The first-order valence-electron chi connectivity index (χ1n) is 0. The molecule has 6 heavy (non-hydrogen) atoms. The predicted molar refractivity (Wildman–Crippen MR) is 7.23 cm³/mol. The van der Waals surface area contributed by atoms with Gasteiger partial charge < -0.3 is 48.2 Å². The monoisotopic (exact) mass is 281 g/mol. The van der Waals surface area contributed by atoms with Crippen molar-refractivity contribution < 1.29 is 89.9 Å². The summed E-state index contributed by atoms with van der Waals surface area (Å²) in [5.41, 5.74) is 0. The first-order valence-corrected chi connectivity index (χ1v) is 0. The van der Waals surface area contributed by atoms with E-state index in [1.807, 2.05) is 0 Å². The number of hydrogen-bond donors (Lipinski definition) is 0. The second kappa shape index (κ2) is 58.1. The second-order valence-corrected chi connectivity index (χ2v) is 0. The van der Waals surface area contributed by atoms with Gasteiger partial charge in [-0.3, -0.25) is 0 Å². The number of hydrogen-bond acceptors (Lipinski definition) is 0. The van der Waals surface area contributed by atoms with E-state index < -0.39 is 0 Å². The third-order valence-corrected chi connectivity index (χ3v) is 0. The van der Waals surface area contributed by atoms with E-state index >= 15 is 0 Å². The summed E-state index contributed by atoms with van der Waals surface area (Å²) in [7, 11) is 0. The van der Waals surface area contributed by atoms with E-state index in [0.717, 1.165) is 0 Å². The molecule has 0 aromatic rings. The van der Waals surface area contributed by atoms with Crippen molar-refractivity contribution in [3.05, 3.63) is 0 Å². The molecule has 0 atom stereocenters. The molecule has 6 heteroatoms. The van der Waals surface area contributed by atoms with Gasteiger partial charge in [-0.1, -0.05) is 0 Å². The second-order valence-electron chi connectivity index (χ2n) is 0. The predicted octanol–water partition coefficient (Wildman–Crippen LogP) is -10.6. The fourth-order valence-corrected chi connectivity index (χ4v) is 0. The Morgan fingerprint density at radius 3 is 0.500 bits per heavy atom. The van der Waals surface area contributed by atoms with Crippen LogP contribution in [0.25, 0.3) is 0 Å². The Morgan fingerprint density at radius 2 is 0.500 bits per heavy atom. The maximum Gasteiger partial charge on any atom is 3.00 e. The molecule has 0 unspecified atom stereocenters. The van der Waals surface area contributed by atoms with Crippen molar-refractivity contribution in [2.24, 2.45) is 0 Å². The van der Waals surface area contributed by atoms with E-state index in [0.29, 0.717) is 0 Å². The van der Waals surface area contributed by atoms with Crippen LogP contribution in [-0.2, 0) is 0 Å². The summed E-state index contributed by atoms with van der Waals surface area (Å²) in [5, 5.41) is 0. The molecule has 0 aliphatic rings. The summed E-state index contributed by atoms with van der Waals surface area (Å²) in [6.45, 7) is 0. The van der Waals surface area contributed by atoms with Gasteiger partial charge in [-0.15, -0.1) is 0 Å². The van der Waals surface area contributed by atoms with Crippen molar-refractivity contribution in [1.82, 2.24) is 0 Å². The van der Waals surface area contributed by atoms with Gasteiger partial charge in [0.15, 0.2) is 0 Å². The topological polar surface area (TPSA) is 63.0 Å². The third-order valence-electron chi connectivity index (χ3n) is 0. The van der Waals surface area contributed by atoms with Crippen LogP contribution in [0.1, 0.15) is 0 Å². The molecule has 0 aromatic heterocycles. The van der Waals surface area contributed by atoms with Gasteiger partial charge in [0.2, 0.25) is 0 Å². The molecular formula is H4CeCl3O2. The molecule has 1 radical (unpaired) electrons. The van der Waals surface area contributed by atoms with Gasteiger partial charge in [-0.2, -0.15) is 0 Å². The van der Waals surface area contributed by atoms with Crippen LogP contribution in [0.2, 0.25) is 0 Å². The molecule has 0 aliphatic carbocycles. The molecule has 0 amide bonds. The zero-order valence-electron chi connectivity index (χ0n) is 2.63. The van der Waals surface area contributed by atoms with Gasteiger partial charge in [0, 0.05) is 0 Å². The molecule has 4 N–H and O–H groups in total. The smallest absolute Gasteiger partial charge is 1.00 e. The Labute approximate surface area is 88.7 Å². The summed E-state index contributed by atoms with van der Waals surface area (Å²) < 4.78 is 0. The van der Waals surface area contributed by atoms with Gasteiger partial charge >= 0.3 is 41.7 Å². The standard InChI is InChI=1S/Ce.3ClH.2H2O/h;3*1H;2*1H2/q+3;;;;;/p-3. The molecule has 0 fully saturated rings. The number of halogens is 3. The zero-order chi connectivity index (χ0) is 0. The Balaban J connectivity index is 0. The van der Waals surface area contributed by atoms with Crippen molar-refractivity contribution in [3.8, 4) is 0 Å². The molecular weight excluding hydrogens is 278 g/mol. The molecule has 0 aliphatic heterocycles.